The van der Waals surface area contributed by atoms with Crippen molar-refractivity contribution in [1.82, 2.24) is 15.1 Å². The standard InChI is InChI=1S/C24H21ClF2N4O4/c1-35-17-8-4-14(5-9-17)18-12-30(19-10-11-28-31(23(19)33)13-20(26)27)24(34)21(18)29-22(32)15-2-6-16(25)7-3-15/h2-11,18,20-21H,12-13H2,1H3,(H,29,32)/t18-,21-/m0/s1. The second-order valence-corrected chi connectivity index (χ2v) is 8.32. The third kappa shape index (κ3) is 5.17. The van der Waals surface area contributed by atoms with Crippen molar-refractivity contribution in [1.29, 1.82) is 0 Å². The van der Waals surface area contributed by atoms with Gasteiger partial charge in [-0.3, -0.25) is 14.4 Å². The number of hydrogen-bond acceptors (Lipinski definition) is 5. The van der Waals surface area contributed by atoms with Crippen molar-refractivity contribution in [2.24, 2.45) is 0 Å². The normalized spacial score (nSPS) is 17.6. The maximum atomic E-state index is 13.5. The van der Waals surface area contributed by atoms with E-state index in [1.54, 1.807) is 36.4 Å². The largest absolute Gasteiger partial charge is 0.497 e. The topological polar surface area (TPSA) is 93.5 Å². The van der Waals surface area contributed by atoms with Gasteiger partial charge in [-0.05, 0) is 48.0 Å². The van der Waals surface area contributed by atoms with Crippen LogP contribution in [0, 0.1) is 0 Å². The number of nitrogens with one attached hydrogen (secondary N) is 1. The van der Waals surface area contributed by atoms with Gasteiger partial charge in [-0.1, -0.05) is 23.7 Å². The predicted molar refractivity (Wildman–Crippen MR) is 125 cm³/mol. The van der Waals surface area contributed by atoms with Crippen LogP contribution in [0.4, 0.5) is 14.5 Å². The van der Waals surface area contributed by atoms with Gasteiger partial charge in [-0.2, -0.15) is 5.10 Å². The number of carbonyl (C=O) groups is 2. The minimum atomic E-state index is -2.79. The van der Waals surface area contributed by atoms with Gasteiger partial charge in [0.1, 0.15) is 24.0 Å². The summed E-state index contributed by atoms with van der Waals surface area (Å²) in [7, 11) is 1.53. The highest BCUT2D eigenvalue weighted by Gasteiger charge is 2.43. The van der Waals surface area contributed by atoms with Crippen molar-refractivity contribution in [3.8, 4) is 5.75 Å². The number of benzene rings is 2. The van der Waals surface area contributed by atoms with Gasteiger partial charge in [-0.25, -0.2) is 13.5 Å². The third-order valence-electron chi connectivity index (χ3n) is 5.74. The molecular formula is C24H21ClF2N4O4. The Morgan fingerprint density at radius 3 is 2.46 bits per heavy atom. The molecule has 3 aromatic rings. The van der Waals surface area contributed by atoms with Gasteiger partial charge in [-0.15, -0.1) is 0 Å². The molecule has 4 rings (SSSR count). The average molecular weight is 503 g/mol. The highest BCUT2D eigenvalue weighted by atomic mass is 35.5. The lowest BCUT2D eigenvalue weighted by atomic mass is 9.93. The Morgan fingerprint density at radius 1 is 1.14 bits per heavy atom. The van der Waals surface area contributed by atoms with Crippen molar-refractivity contribution in [2.75, 3.05) is 18.6 Å². The molecule has 2 aromatic carbocycles. The van der Waals surface area contributed by atoms with Crippen LogP contribution < -0.4 is 20.5 Å². The Morgan fingerprint density at radius 2 is 1.83 bits per heavy atom. The summed E-state index contributed by atoms with van der Waals surface area (Å²) in [5, 5.41) is 6.89. The molecule has 182 valence electrons. The maximum Gasteiger partial charge on any atom is 0.290 e. The Kier molecular flexibility index (Phi) is 7.11. The molecule has 1 aliphatic heterocycles. The zero-order valence-corrected chi connectivity index (χ0v) is 19.3. The molecule has 0 radical (unpaired) electrons. The molecule has 0 unspecified atom stereocenters. The van der Waals surface area contributed by atoms with Crippen molar-refractivity contribution < 1.29 is 23.1 Å². The molecule has 0 spiro atoms. The number of amides is 2. The van der Waals surface area contributed by atoms with Crippen LogP contribution in [0.1, 0.15) is 21.8 Å². The van der Waals surface area contributed by atoms with Crippen molar-refractivity contribution >= 4 is 29.1 Å². The van der Waals surface area contributed by atoms with Crippen LogP contribution in [0.5, 0.6) is 5.75 Å². The number of aromatic nitrogens is 2. The number of anilines is 1. The number of rotatable bonds is 7. The van der Waals surface area contributed by atoms with Crippen LogP contribution in [-0.4, -0.2) is 47.7 Å². The van der Waals surface area contributed by atoms with Crippen molar-refractivity contribution in [2.45, 2.75) is 24.9 Å². The molecule has 0 aliphatic carbocycles. The van der Waals surface area contributed by atoms with E-state index in [0.29, 0.717) is 21.0 Å². The lowest BCUT2D eigenvalue weighted by Gasteiger charge is -2.19. The number of alkyl halides is 2. The highest BCUT2D eigenvalue weighted by Crippen LogP contribution is 2.32. The summed E-state index contributed by atoms with van der Waals surface area (Å²) in [6.07, 6.45) is -1.60. The molecule has 1 N–H and O–H groups in total. The summed E-state index contributed by atoms with van der Waals surface area (Å²) in [5.74, 6) is -0.952. The quantitative estimate of drug-likeness (QED) is 0.536. The molecule has 1 saturated heterocycles. The second-order valence-electron chi connectivity index (χ2n) is 7.88. The lowest BCUT2D eigenvalue weighted by Crippen LogP contribution is -2.44. The molecule has 11 heteroatoms. The summed E-state index contributed by atoms with van der Waals surface area (Å²) >= 11 is 5.90. The molecule has 35 heavy (non-hydrogen) atoms. The van der Waals surface area contributed by atoms with E-state index in [-0.39, 0.29) is 12.2 Å². The Bertz CT molecular complexity index is 1280. The van der Waals surface area contributed by atoms with Gasteiger partial charge in [0.2, 0.25) is 5.91 Å². The molecule has 2 atom stereocenters. The molecule has 1 aliphatic rings. The van der Waals surface area contributed by atoms with E-state index in [4.69, 9.17) is 16.3 Å². The Labute approximate surface area is 204 Å². The first-order valence-electron chi connectivity index (χ1n) is 10.6. The number of halogens is 3. The number of ether oxygens (including phenoxy) is 1. The average Bonchev–Trinajstić information content (AvgIpc) is 3.16. The molecule has 0 saturated carbocycles. The van der Waals surface area contributed by atoms with Crippen LogP contribution in [0.25, 0.3) is 0 Å². The molecule has 8 nitrogen and oxygen atoms in total. The van der Waals surface area contributed by atoms with E-state index in [2.05, 4.69) is 10.4 Å². The van der Waals surface area contributed by atoms with Crippen LogP contribution in [0.3, 0.4) is 0 Å². The fraction of sp³-hybridized carbons (Fsp3) is 0.250. The van der Waals surface area contributed by atoms with E-state index in [1.807, 2.05) is 0 Å². The van der Waals surface area contributed by atoms with Crippen LogP contribution in [0.2, 0.25) is 5.02 Å². The summed E-state index contributed by atoms with van der Waals surface area (Å²) in [6.45, 7) is -0.849. The highest BCUT2D eigenvalue weighted by molar-refractivity contribution is 6.30. The van der Waals surface area contributed by atoms with Gasteiger partial charge in [0.25, 0.3) is 17.9 Å². The van der Waals surface area contributed by atoms with E-state index in [1.165, 1.54) is 36.4 Å². The van der Waals surface area contributed by atoms with Crippen molar-refractivity contribution in [3.05, 3.63) is 87.3 Å². The van der Waals surface area contributed by atoms with Crippen LogP contribution in [0.15, 0.2) is 65.6 Å². The van der Waals surface area contributed by atoms with Crippen molar-refractivity contribution in [3.63, 3.8) is 0 Å². The number of nitrogens with zero attached hydrogens (tertiary/aromatic N) is 3. The molecule has 0 bridgehead atoms. The van der Waals surface area contributed by atoms with Gasteiger partial charge in [0, 0.05) is 29.2 Å². The van der Waals surface area contributed by atoms with E-state index in [0.717, 1.165) is 5.56 Å². The fourth-order valence-electron chi connectivity index (χ4n) is 3.99. The monoisotopic (exact) mass is 502 g/mol. The minimum absolute atomic E-state index is 0.0463. The zero-order chi connectivity index (χ0) is 25.1. The number of methoxy groups -OCH3 is 1. The zero-order valence-electron chi connectivity index (χ0n) is 18.5. The van der Waals surface area contributed by atoms with Crippen LogP contribution >= 0.6 is 11.6 Å². The number of hydrogen-bond donors (Lipinski definition) is 1. The first-order chi connectivity index (χ1) is 16.8. The smallest absolute Gasteiger partial charge is 0.290 e. The predicted octanol–water partition coefficient (Wildman–Crippen LogP) is 3.10. The molecule has 2 amide bonds. The fourth-order valence-corrected chi connectivity index (χ4v) is 4.12. The molecular weight excluding hydrogens is 482 g/mol. The first-order valence-corrected chi connectivity index (χ1v) is 11.0. The Balaban J connectivity index is 1.69. The number of carbonyl (C=O) groups excluding carboxylic acids is 2. The lowest BCUT2D eigenvalue weighted by molar-refractivity contribution is -0.118. The Hall–Kier alpha value is -3.79. The summed E-state index contributed by atoms with van der Waals surface area (Å²) in [4.78, 5) is 40.4. The van der Waals surface area contributed by atoms with Gasteiger partial charge in [0.05, 0.1) is 7.11 Å². The van der Waals surface area contributed by atoms with Gasteiger partial charge >= 0.3 is 0 Å². The van der Waals surface area contributed by atoms with E-state index in [9.17, 15) is 23.2 Å². The van der Waals surface area contributed by atoms with Gasteiger partial charge < -0.3 is 15.0 Å². The molecule has 2 heterocycles. The van der Waals surface area contributed by atoms with Gasteiger partial charge in [0.15, 0.2) is 0 Å². The summed E-state index contributed by atoms with van der Waals surface area (Å²) in [5.41, 5.74) is 0.120. The maximum absolute atomic E-state index is 13.5. The second kappa shape index (κ2) is 10.2. The minimum Gasteiger partial charge on any atom is -0.497 e. The molecule has 1 fully saturated rings. The SMILES string of the molecule is COc1ccc([C@@H]2CN(c3ccnn(CC(F)F)c3=O)C(=O)[C@H]2NC(=O)c2ccc(Cl)cc2)cc1. The summed E-state index contributed by atoms with van der Waals surface area (Å²) in [6, 6.07) is 13.5. The van der Waals surface area contributed by atoms with Crippen LogP contribution in [-0.2, 0) is 11.3 Å². The van der Waals surface area contributed by atoms with E-state index >= 15 is 0 Å². The summed E-state index contributed by atoms with van der Waals surface area (Å²) < 4.78 is 31.6. The third-order valence-corrected chi connectivity index (χ3v) is 6.00. The molecule has 1 aromatic heterocycles. The first kappa shape index (κ1) is 24.3. The van der Waals surface area contributed by atoms with E-state index < -0.39 is 42.3 Å².